The lowest BCUT2D eigenvalue weighted by Gasteiger charge is -1.99. The van der Waals surface area contributed by atoms with Crippen molar-refractivity contribution < 1.29 is 14.3 Å². The van der Waals surface area contributed by atoms with Crippen LogP contribution in [0.5, 0.6) is 0 Å². The lowest BCUT2D eigenvalue weighted by Crippen LogP contribution is -2.12. The first-order chi connectivity index (χ1) is 6.72. The first-order valence-electron chi connectivity index (χ1n) is 4.09. The zero-order valence-electron chi connectivity index (χ0n) is 7.53. The number of hydrogen-bond donors (Lipinski definition) is 1. The summed E-state index contributed by atoms with van der Waals surface area (Å²) in [7, 11) is 1.29. The molecule has 0 bridgehead atoms. The summed E-state index contributed by atoms with van der Waals surface area (Å²) in [5.41, 5.74) is 1.35. The fourth-order valence-corrected chi connectivity index (χ4v) is 1.32. The van der Waals surface area contributed by atoms with E-state index < -0.39 is 5.97 Å². The normalized spacial score (nSPS) is 13.4. The third-order valence-electron chi connectivity index (χ3n) is 2.03. The summed E-state index contributed by atoms with van der Waals surface area (Å²) in [4.78, 5) is 26.3. The Morgan fingerprint density at radius 1 is 1.57 bits per heavy atom. The summed E-state index contributed by atoms with van der Waals surface area (Å²) in [6.45, 7) is 0.374. The molecule has 1 aromatic rings. The molecule has 72 valence electrons. The van der Waals surface area contributed by atoms with Gasteiger partial charge in [0.2, 0.25) is 0 Å². The standard InChI is InChI=1S/C9H8N2O3/c1-14-9(13)6-3-2-5-7(11-6)4-10-8(5)12/h2-3H,4H2,1H3,(H,10,12). The van der Waals surface area contributed by atoms with Crippen LogP contribution in [0.4, 0.5) is 0 Å². The monoisotopic (exact) mass is 192 g/mol. The number of rotatable bonds is 1. The lowest BCUT2D eigenvalue weighted by atomic mass is 10.2. The third kappa shape index (κ3) is 1.22. The second-order valence-electron chi connectivity index (χ2n) is 2.87. The van der Waals surface area contributed by atoms with Gasteiger partial charge in [0.1, 0.15) is 5.69 Å². The van der Waals surface area contributed by atoms with Crippen molar-refractivity contribution in [3.63, 3.8) is 0 Å². The molecular formula is C9H8N2O3. The number of nitrogens with zero attached hydrogens (tertiary/aromatic N) is 1. The van der Waals surface area contributed by atoms with Crippen LogP contribution in [0.3, 0.4) is 0 Å². The Morgan fingerprint density at radius 3 is 3.07 bits per heavy atom. The number of carbonyl (C=O) groups is 2. The van der Waals surface area contributed by atoms with Crippen molar-refractivity contribution in [2.75, 3.05) is 7.11 Å². The van der Waals surface area contributed by atoms with Gasteiger partial charge in [0.05, 0.1) is 24.9 Å². The highest BCUT2D eigenvalue weighted by molar-refractivity contribution is 5.98. The smallest absolute Gasteiger partial charge is 0.356 e. The van der Waals surface area contributed by atoms with Crippen molar-refractivity contribution in [3.8, 4) is 0 Å². The van der Waals surface area contributed by atoms with Crippen LogP contribution in [0.2, 0.25) is 0 Å². The maximum atomic E-state index is 11.1. The van der Waals surface area contributed by atoms with Gasteiger partial charge in [-0.2, -0.15) is 0 Å². The predicted octanol–water partition coefficient (Wildman–Crippen LogP) is 0.112. The number of nitrogens with one attached hydrogen (secondary N) is 1. The Labute approximate surface area is 80.1 Å². The third-order valence-corrected chi connectivity index (χ3v) is 2.03. The van der Waals surface area contributed by atoms with E-state index in [1.165, 1.54) is 13.2 Å². The van der Waals surface area contributed by atoms with Gasteiger partial charge in [0, 0.05) is 0 Å². The Morgan fingerprint density at radius 2 is 2.36 bits per heavy atom. The van der Waals surface area contributed by atoms with E-state index in [0.29, 0.717) is 17.8 Å². The highest BCUT2D eigenvalue weighted by Gasteiger charge is 2.21. The number of hydrogen-bond acceptors (Lipinski definition) is 4. The van der Waals surface area contributed by atoms with E-state index in [9.17, 15) is 9.59 Å². The molecule has 0 saturated heterocycles. The maximum Gasteiger partial charge on any atom is 0.356 e. The molecule has 0 aliphatic carbocycles. The summed E-state index contributed by atoms with van der Waals surface area (Å²) in [5.74, 6) is -0.643. The first kappa shape index (κ1) is 8.68. The molecule has 0 spiro atoms. The molecule has 1 N–H and O–H groups in total. The van der Waals surface area contributed by atoms with Gasteiger partial charge in [-0.05, 0) is 12.1 Å². The van der Waals surface area contributed by atoms with Gasteiger partial charge in [-0.3, -0.25) is 4.79 Å². The number of carbonyl (C=O) groups excluding carboxylic acids is 2. The minimum Gasteiger partial charge on any atom is -0.464 e. The van der Waals surface area contributed by atoms with Gasteiger partial charge >= 0.3 is 5.97 Å². The molecule has 5 nitrogen and oxygen atoms in total. The largest absolute Gasteiger partial charge is 0.464 e. The van der Waals surface area contributed by atoms with Crippen molar-refractivity contribution in [3.05, 3.63) is 29.1 Å². The first-order valence-corrected chi connectivity index (χ1v) is 4.09. The van der Waals surface area contributed by atoms with Crippen molar-refractivity contribution in [1.82, 2.24) is 10.3 Å². The highest BCUT2D eigenvalue weighted by atomic mass is 16.5. The van der Waals surface area contributed by atoms with Crippen LogP contribution in [0.15, 0.2) is 12.1 Å². The number of aromatic nitrogens is 1. The van der Waals surface area contributed by atoms with Crippen LogP contribution < -0.4 is 5.32 Å². The average Bonchev–Trinajstić information content (AvgIpc) is 2.59. The molecule has 14 heavy (non-hydrogen) atoms. The predicted molar refractivity (Wildman–Crippen MR) is 46.7 cm³/mol. The average molecular weight is 192 g/mol. The molecule has 0 radical (unpaired) electrons. The number of amides is 1. The second kappa shape index (κ2) is 3.10. The van der Waals surface area contributed by atoms with Gasteiger partial charge < -0.3 is 10.1 Å². The maximum absolute atomic E-state index is 11.1. The summed E-state index contributed by atoms with van der Waals surface area (Å²) < 4.78 is 4.52. The topological polar surface area (TPSA) is 68.3 Å². The van der Waals surface area contributed by atoms with E-state index in [0.717, 1.165) is 0 Å². The molecule has 0 aromatic carbocycles. The number of pyridine rings is 1. The molecule has 1 aliphatic rings. The van der Waals surface area contributed by atoms with E-state index >= 15 is 0 Å². The summed E-state index contributed by atoms with van der Waals surface area (Å²) in [5, 5.41) is 2.62. The number of methoxy groups -OCH3 is 1. The molecule has 2 rings (SSSR count). The summed E-state index contributed by atoms with van der Waals surface area (Å²) >= 11 is 0. The Hall–Kier alpha value is -1.91. The van der Waals surface area contributed by atoms with Crippen LogP contribution in [0, 0.1) is 0 Å². The van der Waals surface area contributed by atoms with E-state index in [1.54, 1.807) is 6.07 Å². The SMILES string of the molecule is COC(=O)c1ccc2c(n1)CNC2=O. The lowest BCUT2D eigenvalue weighted by molar-refractivity contribution is 0.0593. The number of fused-ring (bicyclic) bond motifs is 1. The Kier molecular flexibility index (Phi) is 1.92. The Balaban J connectivity index is 2.42. The van der Waals surface area contributed by atoms with Crippen LogP contribution in [-0.4, -0.2) is 24.0 Å². The van der Waals surface area contributed by atoms with E-state index in [4.69, 9.17) is 0 Å². The van der Waals surface area contributed by atoms with Gasteiger partial charge in [-0.15, -0.1) is 0 Å². The molecule has 0 fully saturated rings. The van der Waals surface area contributed by atoms with Gasteiger partial charge in [-0.1, -0.05) is 0 Å². The molecule has 0 unspecified atom stereocenters. The summed E-state index contributed by atoms with van der Waals surface area (Å²) in [6.07, 6.45) is 0. The van der Waals surface area contributed by atoms with Crippen molar-refractivity contribution in [2.45, 2.75) is 6.54 Å². The molecule has 1 amide bonds. The van der Waals surface area contributed by atoms with Crippen molar-refractivity contribution in [2.24, 2.45) is 0 Å². The van der Waals surface area contributed by atoms with Crippen molar-refractivity contribution >= 4 is 11.9 Å². The zero-order valence-corrected chi connectivity index (χ0v) is 7.53. The second-order valence-corrected chi connectivity index (χ2v) is 2.87. The van der Waals surface area contributed by atoms with E-state index in [1.807, 2.05) is 0 Å². The molecule has 1 aromatic heterocycles. The van der Waals surface area contributed by atoms with Crippen LogP contribution in [0.25, 0.3) is 0 Å². The molecule has 2 heterocycles. The Bertz CT molecular complexity index is 415. The highest BCUT2D eigenvalue weighted by Crippen LogP contribution is 2.13. The molecule has 1 aliphatic heterocycles. The minimum absolute atomic E-state index is 0.149. The molecule has 0 atom stereocenters. The van der Waals surface area contributed by atoms with Gasteiger partial charge in [0.25, 0.3) is 5.91 Å². The minimum atomic E-state index is -0.493. The zero-order chi connectivity index (χ0) is 10.1. The van der Waals surface area contributed by atoms with Gasteiger partial charge in [0.15, 0.2) is 0 Å². The van der Waals surface area contributed by atoms with Gasteiger partial charge in [-0.25, -0.2) is 9.78 Å². The molecule has 5 heteroatoms. The number of esters is 1. The van der Waals surface area contributed by atoms with E-state index in [-0.39, 0.29) is 11.6 Å². The van der Waals surface area contributed by atoms with Crippen LogP contribution >= 0.6 is 0 Å². The quantitative estimate of drug-likeness (QED) is 0.641. The fourth-order valence-electron chi connectivity index (χ4n) is 1.32. The van der Waals surface area contributed by atoms with Crippen LogP contribution in [0.1, 0.15) is 26.5 Å². The summed E-state index contributed by atoms with van der Waals surface area (Å²) in [6, 6.07) is 3.06. The number of ether oxygens (including phenoxy) is 1. The van der Waals surface area contributed by atoms with Crippen molar-refractivity contribution in [1.29, 1.82) is 0 Å². The molecule has 0 saturated carbocycles. The fraction of sp³-hybridized carbons (Fsp3) is 0.222. The molecular weight excluding hydrogens is 184 g/mol. The van der Waals surface area contributed by atoms with Crippen LogP contribution in [-0.2, 0) is 11.3 Å². The van der Waals surface area contributed by atoms with E-state index in [2.05, 4.69) is 15.0 Å².